The third-order valence-corrected chi connectivity index (χ3v) is 2.09. The zero-order valence-corrected chi connectivity index (χ0v) is 9.88. The van der Waals surface area contributed by atoms with E-state index in [-0.39, 0.29) is 0 Å². The molecule has 0 aliphatic heterocycles. The number of aromatic nitrogens is 2. The highest BCUT2D eigenvalue weighted by Crippen LogP contribution is 2.23. The minimum absolute atomic E-state index is 0.533. The maximum Gasteiger partial charge on any atom is 0.222 e. The number of nitrogens with zero attached hydrogens (tertiary/aromatic N) is 2. The zero-order chi connectivity index (χ0) is 12.1. The van der Waals surface area contributed by atoms with Crippen molar-refractivity contribution in [3.8, 4) is 17.4 Å². The Morgan fingerprint density at radius 3 is 2.76 bits per heavy atom. The van der Waals surface area contributed by atoms with E-state index in [9.17, 15) is 0 Å². The maximum absolute atomic E-state index is 5.62. The van der Waals surface area contributed by atoms with Crippen molar-refractivity contribution in [2.75, 3.05) is 6.61 Å². The summed E-state index contributed by atoms with van der Waals surface area (Å²) in [5, 5.41) is 0. The topological polar surface area (TPSA) is 44.2 Å². The van der Waals surface area contributed by atoms with Gasteiger partial charge in [0.05, 0.1) is 6.61 Å². The first-order valence-electron chi connectivity index (χ1n) is 5.48. The van der Waals surface area contributed by atoms with Crippen molar-refractivity contribution in [2.45, 2.75) is 13.8 Å². The van der Waals surface area contributed by atoms with Crippen LogP contribution in [0.5, 0.6) is 17.4 Å². The van der Waals surface area contributed by atoms with Crippen LogP contribution in [-0.4, -0.2) is 16.6 Å². The Bertz CT molecular complexity index is 500. The lowest BCUT2D eigenvalue weighted by atomic mass is 10.3. The molecule has 1 aromatic carbocycles. The first-order chi connectivity index (χ1) is 8.28. The van der Waals surface area contributed by atoms with Gasteiger partial charge in [-0.25, -0.2) is 4.98 Å². The van der Waals surface area contributed by atoms with Gasteiger partial charge in [-0.2, -0.15) is 4.98 Å². The first-order valence-corrected chi connectivity index (χ1v) is 5.48. The number of aryl methyl sites for hydroxylation is 1. The molecule has 1 aromatic heterocycles. The number of hydrogen-bond acceptors (Lipinski definition) is 4. The summed E-state index contributed by atoms with van der Waals surface area (Å²) in [5.74, 6) is 2.71. The summed E-state index contributed by atoms with van der Waals surface area (Å²) in [5.41, 5.74) is 0. The predicted molar refractivity (Wildman–Crippen MR) is 64.5 cm³/mol. The number of rotatable bonds is 4. The third-order valence-electron chi connectivity index (χ3n) is 2.09. The van der Waals surface area contributed by atoms with Gasteiger partial charge in [0.15, 0.2) is 0 Å². The highest BCUT2D eigenvalue weighted by molar-refractivity contribution is 5.35. The molecular formula is C13H14N2O2. The van der Waals surface area contributed by atoms with Crippen LogP contribution in [-0.2, 0) is 0 Å². The lowest BCUT2D eigenvalue weighted by Crippen LogP contribution is -1.94. The predicted octanol–water partition coefficient (Wildman–Crippen LogP) is 2.98. The van der Waals surface area contributed by atoms with Crippen molar-refractivity contribution in [3.05, 3.63) is 42.4 Å². The molecule has 0 N–H and O–H groups in total. The highest BCUT2D eigenvalue weighted by atomic mass is 16.5. The Balaban J connectivity index is 2.15. The van der Waals surface area contributed by atoms with Crippen LogP contribution in [0.2, 0.25) is 0 Å². The van der Waals surface area contributed by atoms with Crippen molar-refractivity contribution in [1.82, 2.24) is 9.97 Å². The second-order valence-corrected chi connectivity index (χ2v) is 3.45. The first kappa shape index (κ1) is 11.4. The largest absolute Gasteiger partial charge is 0.494 e. The molecule has 0 amide bonds. The molecule has 0 saturated carbocycles. The molecule has 1 heterocycles. The molecule has 2 rings (SSSR count). The van der Waals surface area contributed by atoms with Gasteiger partial charge < -0.3 is 9.47 Å². The van der Waals surface area contributed by atoms with Crippen LogP contribution in [0.25, 0.3) is 0 Å². The summed E-state index contributed by atoms with van der Waals surface area (Å²) in [6.07, 6.45) is 1.67. The molecule has 0 spiro atoms. The van der Waals surface area contributed by atoms with E-state index in [0.717, 1.165) is 5.75 Å². The van der Waals surface area contributed by atoms with E-state index in [1.165, 1.54) is 0 Å². The maximum atomic E-state index is 5.62. The molecule has 0 radical (unpaired) electrons. The van der Waals surface area contributed by atoms with E-state index in [2.05, 4.69) is 9.97 Å². The van der Waals surface area contributed by atoms with E-state index >= 15 is 0 Å². The Kier molecular flexibility index (Phi) is 3.55. The Morgan fingerprint density at radius 2 is 2.00 bits per heavy atom. The lowest BCUT2D eigenvalue weighted by Gasteiger charge is -2.07. The van der Waals surface area contributed by atoms with Gasteiger partial charge in [0.1, 0.15) is 17.3 Å². The van der Waals surface area contributed by atoms with Crippen molar-refractivity contribution < 1.29 is 9.47 Å². The molecule has 0 bridgehead atoms. The molecular weight excluding hydrogens is 216 g/mol. The van der Waals surface area contributed by atoms with E-state index in [1.54, 1.807) is 12.3 Å². The highest BCUT2D eigenvalue weighted by Gasteiger charge is 2.01. The molecule has 4 nitrogen and oxygen atoms in total. The fourth-order valence-electron chi connectivity index (χ4n) is 1.41. The number of benzene rings is 1. The third kappa shape index (κ3) is 3.17. The number of ether oxygens (including phenoxy) is 2. The summed E-state index contributed by atoms with van der Waals surface area (Å²) in [7, 11) is 0. The monoisotopic (exact) mass is 230 g/mol. The van der Waals surface area contributed by atoms with Crippen LogP contribution in [0, 0.1) is 6.92 Å². The van der Waals surface area contributed by atoms with Crippen LogP contribution in [0.4, 0.5) is 0 Å². The van der Waals surface area contributed by atoms with Gasteiger partial charge in [0.2, 0.25) is 5.88 Å². The molecule has 0 atom stereocenters. The van der Waals surface area contributed by atoms with Crippen molar-refractivity contribution in [1.29, 1.82) is 0 Å². The minimum Gasteiger partial charge on any atom is -0.494 e. The van der Waals surface area contributed by atoms with E-state index in [4.69, 9.17) is 9.47 Å². The molecule has 0 fully saturated rings. The van der Waals surface area contributed by atoms with Gasteiger partial charge in [-0.1, -0.05) is 6.07 Å². The zero-order valence-electron chi connectivity index (χ0n) is 9.88. The van der Waals surface area contributed by atoms with Gasteiger partial charge in [0.25, 0.3) is 0 Å². The molecule has 17 heavy (non-hydrogen) atoms. The molecule has 0 aliphatic rings. The lowest BCUT2D eigenvalue weighted by molar-refractivity contribution is 0.338. The van der Waals surface area contributed by atoms with Gasteiger partial charge >= 0.3 is 0 Å². The summed E-state index contributed by atoms with van der Waals surface area (Å²) in [4.78, 5) is 8.18. The normalized spacial score (nSPS) is 10.0. The van der Waals surface area contributed by atoms with Crippen molar-refractivity contribution in [3.63, 3.8) is 0 Å². The molecule has 2 aromatic rings. The average molecular weight is 230 g/mol. The summed E-state index contributed by atoms with van der Waals surface area (Å²) in [6.45, 7) is 4.40. The van der Waals surface area contributed by atoms with Crippen LogP contribution >= 0.6 is 0 Å². The molecule has 0 aliphatic carbocycles. The van der Waals surface area contributed by atoms with E-state index in [0.29, 0.717) is 24.1 Å². The fourth-order valence-corrected chi connectivity index (χ4v) is 1.41. The summed E-state index contributed by atoms with van der Waals surface area (Å²) < 4.78 is 11.0. The van der Waals surface area contributed by atoms with Gasteiger partial charge in [-0.3, -0.25) is 0 Å². The molecule has 88 valence electrons. The second-order valence-electron chi connectivity index (χ2n) is 3.45. The Hall–Kier alpha value is -2.10. The minimum atomic E-state index is 0.533. The van der Waals surface area contributed by atoms with Gasteiger partial charge in [-0.05, 0) is 26.0 Å². The smallest absolute Gasteiger partial charge is 0.222 e. The Morgan fingerprint density at radius 1 is 1.18 bits per heavy atom. The second kappa shape index (κ2) is 5.30. The van der Waals surface area contributed by atoms with Gasteiger partial charge in [0, 0.05) is 18.3 Å². The summed E-state index contributed by atoms with van der Waals surface area (Å²) >= 11 is 0. The van der Waals surface area contributed by atoms with E-state index < -0.39 is 0 Å². The molecule has 4 heteroatoms. The van der Waals surface area contributed by atoms with Crippen LogP contribution in [0.3, 0.4) is 0 Å². The average Bonchev–Trinajstić information content (AvgIpc) is 2.30. The van der Waals surface area contributed by atoms with Crippen LogP contribution in [0.15, 0.2) is 36.5 Å². The quantitative estimate of drug-likeness (QED) is 0.810. The molecule has 0 saturated heterocycles. The number of hydrogen-bond donors (Lipinski definition) is 0. The van der Waals surface area contributed by atoms with Gasteiger partial charge in [-0.15, -0.1) is 0 Å². The molecule has 0 unspecified atom stereocenters. The standard InChI is InChI=1S/C13H14N2O2/c1-3-16-11-5-4-6-12(9-11)17-13-7-8-14-10(2)15-13/h4-9H,3H2,1-2H3. The van der Waals surface area contributed by atoms with E-state index in [1.807, 2.05) is 38.1 Å². The Labute approximate surface area is 100 Å². The van der Waals surface area contributed by atoms with Crippen molar-refractivity contribution in [2.24, 2.45) is 0 Å². The van der Waals surface area contributed by atoms with Crippen molar-refractivity contribution >= 4 is 0 Å². The fraction of sp³-hybridized carbons (Fsp3) is 0.231. The SMILES string of the molecule is CCOc1cccc(Oc2ccnc(C)n2)c1. The van der Waals surface area contributed by atoms with Crippen LogP contribution in [0.1, 0.15) is 12.7 Å². The van der Waals surface area contributed by atoms with Crippen LogP contribution < -0.4 is 9.47 Å². The summed E-state index contributed by atoms with van der Waals surface area (Å²) in [6, 6.07) is 9.19.